The number of halogens is 1. The monoisotopic (exact) mass is 379 g/mol. The van der Waals surface area contributed by atoms with Crippen molar-refractivity contribution >= 4 is 47.0 Å². The number of fused-ring (bicyclic) bond motifs is 1. The maximum absolute atomic E-state index is 10.9. The molecule has 0 radical (unpaired) electrons. The Kier molecular flexibility index (Phi) is 6.58. The molecule has 3 aromatic rings. The summed E-state index contributed by atoms with van der Waals surface area (Å²) in [6, 6.07) is 6.57. The lowest BCUT2D eigenvalue weighted by Gasteiger charge is -2.19. The largest absolute Gasteiger partial charge is 0.478 e. The second-order valence-electron chi connectivity index (χ2n) is 5.21. The predicted molar refractivity (Wildman–Crippen MR) is 100 cm³/mol. The predicted octanol–water partition coefficient (Wildman–Crippen LogP) is 0.516. The normalized spacial score (nSPS) is 9.88. The van der Waals surface area contributed by atoms with Crippen LogP contribution in [0.3, 0.4) is 0 Å². The van der Waals surface area contributed by atoms with Gasteiger partial charge in [-0.1, -0.05) is 0 Å². The summed E-state index contributed by atoms with van der Waals surface area (Å²) < 4.78 is 0. The lowest BCUT2D eigenvalue weighted by atomic mass is 10.2. The van der Waals surface area contributed by atoms with E-state index in [4.69, 9.17) is 16.6 Å². The second kappa shape index (κ2) is 8.23. The quantitative estimate of drug-likeness (QED) is 0.582. The van der Waals surface area contributed by atoms with Crippen LogP contribution in [0.2, 0.25) is 0 Å². The fourth-order valence-corrected chi connectivity index (χ4v) is 2.25. The Morgan fingerprint density at radius 3 is 2.42 bits per heavy atom. The standard InChI is InChI=1S/C15H15N7O2.ClH.H2O/c1-22(10-4-2-8(3-5-10)14(23)24)7-9-6-18-13-11(19-9)12(16)20-15(17)21-13;;/h2-6H,7H2,1H3,(H,23,24)(H4,16,17,18,20,21);1H;1H2. The van der Waals surface area contributed by atoms with Gasteiger partial charge in [-0.3, -0.25) is 0 Å². The van der Waals surface area contributed by atoms with Gasteiger partial charge in [-0.15, -0.1) is 12.4 Å². The minimum Gasteiger partial charge on any atom is -0.478 e. The summed E-state index contributed by atoms with van der Waals surface area (Å²) in [5.74, 6) is -0.725. The Labute approximate surface area is 154 Å². The minimum atomic E-state index is -0.959. The fourth-order valence-electron chi connectivity index (χ4n) is 2.25. The zero-order valence-corrected chi connectivity index (χ0v) is 14.6. The van der Waals surface area contributed by atoms with E-state index in [0.717, 1.165) is 5.69 Å². The Balaban J connectivity index is 0.00000169. The first-order valence-electron chi connectivity index (χ1n) is 7.03. The molecule has 0 saturated heterocycles. The van der Waals surface area contributed by atoms with Gasteiger partial charge in [-0.25, -0.2) is 14.8 Å². The van der Waals surface area contributed by atoms with Crippen molar-refractivity contribution in [2.75, 3.05) is 23.4 Å². The molecule has 2 heterocycles. The lowest BCUT2D eigenvalue weighted by Crippen LogP contribution is -2.18. The Bertz CT molecular complexity index is 921. The van der Waals surface area contributed by atoms with Crippen LogP contribution in [0.15, 0.2) is 30.5 Å². The van der Waals surface area contributed by atoms with Crippen molar-refractivity contribution in [1.82, 2.24) is 19.9 Å². The molecule has 2 aromatic heterocycles. The Morgan fingerprint density at radius 2 is 1.81 bits per heavy atom. The van der Waals surface area contributed by atoms with Gasteiger partial charge in [0.2, 0.25) is 5.95 Å². The number of nitrogens with zero attached hydrogens (tertiary/aromatic N) is 5. The summed E-state index contributed by atoms with van der Waals surface area (Å²) in [6.45, 7) is 0.458. The highest BCUT2D eigenvalue weighted by molar-refractivity contribution is 5.88. The number of rotatable bonds is 4. The fraction of sp³-hybridized carbons (Fsp3) is 0.133. The van der Waals surface area contributed by atoms with Crippen molar-refractivity contribution in [3.8, 4) is 0 Å². The molecule has 1 aromatic carbocycles. The van der Waals surface area contributed by atoms with E-state index in [2.05, 4.69) is 19.9 Å². The van der Waals surface area contributed by atoms with Crippen LogP contribution in [-0.4, -0.2) is 43.5 Å². The van der Waals surface area contributed by atoms with Gasteiger partial charge in [0.1, 0.15) is 0 Å². The number of aromatic nitrogens is 4. The zero-order chi connectivity index (χ0) is 17.3. The van der Waals surface area contributed by atoms with E-state index in [0.29, 0.717) is 23.4 Å². The number of hydrogen-bond donors (Lipinski definition) is 3. The molecule has 3 rings (SSSR count). The van der Waals surface area contributed by atoms with Gasteiger partial charge in [0.15, 0.2) is 17.0 Å². The number of benzene rings is 1. The molecular formula is C15H18ClN7O3. The van der Waals surface area contributed by atoms with Crippen LogP contribution in [-0.2, 0) is 6.54 Å². The average molecular weight is 380 g/mol. The molecule has 10 nitrogen and oxygen atoms in total. The van der Waals surface area contributed by atoms with Gasteiger partial charge in [-0.2, -0.15) is 9.97 Å². The molecule has 11 heteroatoms. The van der Waals surface area contributed by atoms with Gasteiger partial charge in [0.25, 0.3) is 0 Å². The first-order valence-corrected chi connectivity index (χ1v) is 7.03. The van der Waals surface area contributed by atoms with E-state index in [9.17, 15) is 4.79 Å². The first kappa shape index (κ1) is 20.8. The van der Waals surface area contributed by atoms with E-state index < -0.39 is 5.97 Å². The van der Waals surface area contributed by atoms with E-state index in [1.165, 1.54) is 0 Å². The van der Waals surface area contributed by atoms with Crippen LogP contribution in [0.1, 0.15) is 16.1 Å². The molecule has 138 valence electrons. The highest BCUT2D eigenvalue weighted by atomic mass is 35.5. The number of hydrogen-bond acceptors (Lipinski definition) is 8. The third kappa shape index (κ3) is 4.23. The number of carboxylic acids is 1. The van der Waals surface area contributed by atoms with E-state index in [1.807, 2.05) is 11.9 Å². The third-order valence-corrected chi connectivity index (χ3v) is 3.46. The van der Waals surface area contributed by atoms with Crippen LogP contribution in [0.4, 0.5) is 17.5 Å². The number of aromatic carboxylic acids is 1. The molecule has 0 spiro atoms. The second-order valence-corrected chi connectivity index (χ2v) is 5.21. The molecule has 26 heavy (non-hydrogen) atoms. The molecule has 0 fully saturated rings. The number of nitrogens with two attached hydrogens (primary N) is 2. The van der Waals surface area contributed by atoms with Gasteiger partial charge in [0.05, 0.1) is 24.0 Å². The molecule has 0 unspecified atom stereocenters. The summed E-state index contributed by atoms with van der Waals surface area (Å²) in [5, 5.41) is 8.93. The summed E-state index contributed by atoms with van der Waals surface area (Å²) >= 11 is 0. The topological polar surface area (TPSA) is 176 Å². The molecule has 0 saturated carbocycles. The third-order valence-electron chi connectivity index (χ3n) is 3.46. The molecule has 0 aliphatic rings. The van der Waals surface area contributed by atoms with Crippen molar-refractivity contribution in [3.05, 3.63) is 41.7 Å². The van der Waals surface area contributed by atoms with Crippen LogP contribution < -0.4 is 16.4 Å². The van der Waals surface area contributed by atoms with Gasteiger partial charge in [-0.05, 0) is 24.3 Å². The molecule has 7 N–H and O–H groups in total. The van der Waals surface area contributed by atoms with E-state index >= 15 is 0 Å². The molecule has 0 aliphatic carbocycles. The van der Waals surface area contributed by atoms with Crippen molar-refractivity contribution in [2.45, 2.75) is 6.54 Å². The summed E-state index contributed by atoms with van der Waals surface area (Å²) in [5.41, 5.74) is 13.8. The van der Waals surface area contributed by atoms with Crippen molar-refractivity contribution in [2.24, 2.45) is 0 Å². The van der Waals surface area contributed by atoms with Gasteiger partial charge < -0.3 is 26.9 Å². The first-order chi connectivity index (χ1) is 11.4. The molecule has 0 bridgehead atoms. The van der Waals surface area contributed by atoms with Crippen LogP contribution in [0, 0.1) is 0 Å². The summed E-state index contributed by atoms with van der Waals surface area (Å²) in [7, 11) is 1.87. The van der Waals surface area contributed by atoms with Crippen LogP contribution in [0.25, 0.3) is 11.2 Å². The van der Waals surface area contributed by atoms with Crippen LogP contribution >= 0.6 is 12.4 Å². The maximum atomic E-state index is 10.9. The van der Waals surface area contributed by atoms with Crippen LogP contribution in [0.5, 0.6) is 0 Å². The number of anilines is 3. The molecular weight excluding hydrogens is 362 g/mol. The maximum Gasteiger partial charge on any atom is 0.335 e. The number of carboxylic acid groups (broad SMARTS) is 1. The van der Waals surface area contributed by atoms with Gasteiger partial charge in [0, 0.05) is 12.7 Å². The Morgan fingerprint density at radius 1 is 1.15 bits per heavy atom. The SMILES string of the molecule is CN(Cc1cnc2nc(N)nc(N)c2n1)c1ccc(C(=O)O)cc1.Cl.O. The molecule has 0 atom stereocenters. The number of nitrogen functional groups attached to an aromatic ring is 2. The zero-order valence-electron chi connectivity index (χ0n) is 13.7. The highest BCUT2D eigenvalue weighted by Crippen LogP contribution is 2.18. The molecule has 0 amide bonds. The minimum absolute atomic E-state index is 0. The Hall–Kier alpha value is -3.24. The highest BCUT2D eigenvalue weighted by Gasteiger charge is 2.10. The lowest BCUT2D eigenvalue weighted by molar-refractivity contribution is 0.0697. The van der Waals surface area contributed by atoms with Crippen molar-refractivity contribution in [3.63, 3.8) is 0 Å². The average Bonchev–Trinajstić information content (AvgIpc) is 2.55. The van der Waals surface area contributed by atoms with Crippen molar-refractivity contribution in [1.29, 1.82) is 0 Å². The molecule has 0 aliphatic heterocycles. The van der Waals surface area contributed by atoms with Gasteiger partial charge >= 0.3 is 5.97 Å². The van der Waals surface area contributed by atoms with Crippen molar-refractivity contribution < 1.29 is 15.4 Å². The summed E-state index contributed by atoms with van der Waals surface area (Å²) in [6.07, 6.45) is 1.59. The van der Waals surface area contributed by atoms with E-state index in [-0.39, 0.29) is 35.2 Å². The van der Waals surface area contributed by atoms with E-state index in [1.54, 1.807) is 30.5 Å². The number of carbonyl (C=O) groups is 1. The smallest absolute Gasteiger partial charge is 0.335 e. The summed E-state index contributed by atoms with van der Waals surface area (Å²) in [4.78, 5) is 29.3.